The molecule has 0 saturated heterocycles. The van der Waals surface area contributed by atoms with Gasteiger partial charge in [0.25, 0.3) is 0 Å². The van der Waals surface area contributed by atoms with Gasteiger partial charge in [-0.1, -0.05) is 192 Å². The Hall–Kier alpha value is -1.18. The summed E-state index contributed by atoms with van der Waals surface area (Å²) in [7, 11) is -5.02. The van der Waals surface area contributed by atoms with Crippen LogP contribution in [0, 0.1) is 0 Å². The molecule has 1 fully saturated rings. The summed E-state index contributed by atoms with van der Waals surface area (Å²) >= 11 is 0. The highest BCUT2D eigenvalue weighted by Crippen LogP contribution is 2.47. The number of hydrogen-bond donors (Lipinski definition) is 6. The van der Waals surface area contributed by atoms with E-state index in [1.165, 1.54) is 154 Å². The van der Waals surface area contributed by atoms with Crippen molar-refractivity contribution in [3.05, 3.63) is 24.3 Å². The number of allylic oxidation sites excluding steroid dienone is 4. The molecule has 1 aliphatic carbocycles. The SMILES string of the molecule is CCCCCCC/C=C\CCCCCCCC(=O)OC(COCCCCCCCCCCCCCC/C=C\CCCCCCCCCC)COP(=O)(O)OC1C(O)C(O)C(O)C(O)C1O. The number of aliphatic hydroxyl groups excluding tert-OH is 5. The standard InChI is InChI=1S/C52H99O12P/c1-3-5-7-9-11-13-15-17-19-20-21-22-23-24-25-26-27-28-30-32-34-36-38-40-42-61-43-45(44-62-65(59,60)64-52-50(57)48(55)47(54)49(56)51(52)58)63-46(53)41-39-37-35-33-31-29-18-16-14-12-10-8-6-4-2/h16,18,20-21,45,47-52,54-58H,3-15,17,19,22-44H2,1-2H3,(H,59,60)/b18-16-,21-20-. The minimum absolute atomic E-state index is 0.0770. The largest absolute Gasteiger partial charge is 0.472 e. The number of carbonyl (C=O) groups excluding carboxylic acids is 1. The van der Waals surface area contributed by atoms with Crippen molar-refractivity contribution in [3.63, 3.8) is 0 Å². The minimum atomic E-state index is -5.02. The second kappa shape index (κ2) is 42.9. The zero-order chi connectivity index (χ0) is 47.6. The number of hydrogen-bond acceptors (Lipinski definition) is 11. The molecule has 1 saturated carbocycles. The van der Waals surface area contributed by atoms with Crippen molar-refractivity contribution in [2.24, 2.45) is 0 Å². The van der Waals surface area contributed by atoms with E-state index in [-0.39, 0.29) is 13.0 Å². The van der Waals surface area contributed by atoms with Gasteiger partial charge in [0.05, 0.1) is 13.2 Å². The predicted octanol–water partition coefficient (Wildman–Crippen LogP) is 12.0. The van der Waals surface area contributed by atoms with E-state index in [2.05, 4.69) is 38.2 Å². The summed E-state index contributed by atoms with van der Waals surface area (Å²) in [5.74, 6) is -0.483. The quantitative estimate of drug-likeness (QED) is 0.0147. The van der Waals surface area contributed by atoms with E-state index in [0.29, 0.717) is 13.0 Å². The Morgan fingerprint density at radius 1 is 0.477 bits per heavy atom. The average molecular weight is 947 g/mol. The number of rotatable bonds is 46. The third-order valence-electron chi connectivity index (χ3n) is 12.5. The number of aliphatic hydroxyl groups is 5. The van der Waals surface area contributed by atoms with Crippen LogP contribution in [0.5, 0.6) is 0 Å². The number of phosphoric ester groups is 1. The van der Waals surface area contributed by atoms with Crippen molar-refractivity contribution >= 4 is 13.8 Å². The maximum atomic E-state index is 12.8. The van der Waals surface area contributed by atoms with Crippen molar-refractivity contribution in [3.8, 4) is 0 Å². The molecule has 0 aromatic rings. The molecule has 0 spiro atoms. The smallest absolute Gasteiger partial charge is 0.457 e. The molecule has 12 nitrogen and oxygen atoms in total. The molecule has 0 heterocycles. The first kappa shape index (κ1) is 61.8. The molecule has 13 heteroatoms. The topological polar surface area (TPSA) is 192 Å². The van der Waals surface area contributed by atoms with E-state index in [0.717, 1.165) is 57.8 Å². The molecule has 0 aromatic carbocycles. The van der Waals surface area contributed by atoms with Gasteiger partial charge in [-0.15, -0.1) is 0 Å². The highest BCUT2D eigenvalue weighted by atomic mass is 31.2. The van der Waals surface area contributed by atoms with Gasteiger partial charge < -0.3 is 39.9 Å². The van der Waals surface area contributed by atoms with Crippen molar-refractivity contribution in [1.29, 1.82) is 0 Å². The number of phosphoric acid groups is 1. The number of carbonyl (C=O) groups is 1. The third kappa shape index (κ3) is 34.7. The van der Waals surface area contributed by atoms with Gasteiger partial charge in [-0.2, -0.15) is 0 Å². The molecular weight excluding hydrogens is 848 g/mol. The van der Waals surface area contributed by atoms with Gasteiger partial charge in [-0.3, -0.25) is 13.8 Å². The van der Waals surface area contributed by atoms with E-state index < -0.39 is 63.1 Å². The van der Waals surface area contributed by atoms with E-state index in [1.807, 2.05) is 0 Å². The fourth-order valence-corrected chi connectivity index (χ4v) is 9.26. The van der Waals surface area contributed by atoms with Crippen LogP contribution in [0.2, 0.25) is 0 Å². The molecule has 0 bridgehead atoms. The summed E-state index contributed by atoms with van der Waals surface area (Å²) in [6.45, 7) is 4.27. The minimum Gasteiger partial charge on any atom is -0.457 e. The summed E-state index contributed by atoms with van der Waals surface area (Å²) in [4.78, 5) is 23.2. The zero-order valence-corrected chi connectivity index (χ0v) is 42.2. The number of ether oxygens (including phenoxy) is 2. The van der Waals surface area contributed by atoms with Gasteiger partial charge in [-0.05, 0) is 64.2 Å². The second-order valence-corrected chi connectivity index (χ2v) is 20.1. The van der Waals surface area contributed by atoms with Gasteiger partial charge in [-0.25, -0.2) is 4.57 Å². The lowest BCUT2D eigenvalue weighted by Gasteiger charge is -2.41. The van der Waals surface area contributed by atoms with Gasteiger partial charge in [0.2, 0.25) is 0 Å². The Morgan fingerprint density at radius 2 is 0.815 bits per heavy atom. The van der Waals surface area contributed by atoms with E-state index in [1.54, 1.807) is 0 Å². The fraction of sp³-hybridized carbons (Fsp3) is 0.904. The van der Waals surface area contributed by atoms with Crippen LogP contribution < -0.4 is 0 Å². The monoisotopic (exact) mass is 947 g/mol. The van der Waals surface area contributed by atoms with Gasteiger partial charge in [0.15, 0.2) is 0 Å². The van der Waals surface area contributed by atoms with E-state index in [9.17, 15) is 39.8 Å². The van der Waals surface area contributed by atoms with E-state index >= 15 is 0 Å². The highest BCUT2D eigenvalue weighted by Gasteiger charge is 2.51. The molecule has 0 amide bonds. The Kier molecular flexibility index (Phi) is 40.8. The lowest BCUT2D eigenvalue weighted by Crippen LogP contribution is -2.64. The molecule has 6 N–H and O–H groups in total. The normalized spacial score (nSPS) is 21.7. The van der Waals surface area contributed by atoms with Crippen LogP contribution in [-0.2, 0) is 27.9 Å². The predicted molar refractivity (Wildman–Crippen MR) is 263 cm³/mol. The second-order valence-electron chi connectivity index (χ2n) is 18.7. The molecule has 6 unspecified atom stereocenters. The molecule has 0 aromatic heterocycles. The van der Waals surface area contributed by atoms with Crippen LogP contribution in [0.25, 0.3) is 0 Å². The molecular formula is C52H99O12P. The van der Waals surface area contributed by atoms with Crippen molar-refractivity contribution < 1.29 is 58.3 Å². The summed E-state index contributed by atoms with van der Waals surface area (Å²) < 4.78 is 34.3. The fourth-order valence-electron chi connectivity index (χ4n) is 8.29. The van der Waals surface area contributed by atoms with Crippen LogP contribution in [0.4, 0.5) is 0 Å². The Morgan fingerprint density at radius 3 is 1.22 bits per heavy atom. The zero-order valence-electron chi connectivity index (χ0n) is 41.3. The molecule has 65 heavy (non-hydrogen) atoms. The first-order chi connectivity index (χ1) is 31.5. The Bertz CT molecular complexity index is 1170. The summed E-state index contributed by atoms with van der Waals surface area (Å²) in [5, 5.41) is 50.3. The van der Waals surface area contributed by atoms with Gasteiger partial charge in [0.1, 0.15) is 42.7 Å². The van der Waals surface area contributed by atoms with Crippen molar-refractivity contribution in [2.45, 2.75) is 281 Å². The molecule has 1 rings (SSSR count). The van der Waals surface area contributed by atoms with Crippen LogP contribution in [0.3, 0.4) is 0 Å². The molecule has 384 valence electrons. The van der Waals surface area contributed by atoms with Crippen molar-refractivity contribution in [2.75, 3.05) is 19.8 Å². The lowest BCUT2D eigenvalue weighted by atomic mass is 9.85. The van der Waals surface area contributed by atoms with Crippen LogP contribution in [0.1, 0.15) is 239 Å². The highest BCUT2D eigenvalue weighted by molar-refractivity contribution is 7.47. The van der Waals surface area contributed by atoms with Gasteiger partial charge >= 0.3 is 13.8 Å². The first-order valence-electron chi connectivity index (χ1n) is 26.7. The lowest BCUT2D eigenvalue weighted by molar-refractivity contribution is -0.220. The summed E-state index contributed by atoms with van der Waals surface area (Å²) in [6.07, 6.45) is 38.2. The maximum Gasteiger partial charge on any atom is 0.472 e. The average Bonchev–Trinajstić information content (AvgIpc) is 3.29. The Labute approximate surface area is 396 Å². The third-order valence-corrected chi connectivity index (χ3v) is 13.5. The molecule has 0 aliphatic heterocycles. The van der Waals surface area contributed by atoms with Crippen LogP contribution in [0.15, 0.2) is 24.3 Å². The van der Waals surface area contributed by atoms with Crippen LogP contribution in [-0.4, -0.2) is 98.9 Å². The maximum absolute atomic E-state index is 12.8. The summed E-state index contributed by atoms with van der Waals surface area (Å²) in [5.41, 5.74) is 0. The van der Waals surface area contributed by atoms with Crippen molar-refractivity contribution in [1.82, 2.24) is 0 Å². The summed E-state index contributed by atoms with van der Waals surface area (Å²) in [6, 6.07) is 0. The first-order valence-corrected chi connectivity index (χ1v) is 28.2. The van der Waals surface area contributed by atoms with E-state index in [4.69, 9.17) is 18.5 Å². The molecule has 1 aliphatic rings. The van der Waals surface area contributed by atoms with Crippen LogP contribution >= 0.6 is 7.82 Å². The number of unbranched alkanes of at least 4 members (excludes halogenated alkanes) is 30. The molecule has 6 atom stereocenters. The number of esters is 1. The van der Waals surface area contributed by atoms with Gasteiger partial charge in [0, 0.05) is 13.0 Å². The Balaban J connectivity index is 2.28. The molecule has 0 radical (unpaired) electrons.